The maximum absolute atomic E-state index is 6.15. The summed E-state index contributed by atoms with van der Waals surface area (Å²) in [6, 6.07) is 18.6. The van der Waals surface area contributed by atoms with Gasteiger partial charge >= 0.3 is 0 Å². The smallest absolute Gasteiger partial charge is 0.147 e. The van der Waals surface area contributed by atoms with Crippen molar-refractivity contribution < 1.29 is 8.83 Å². The average Bonchev–Trinajstić information content (AvgIpc) is 3.03. The van der Waals surface area contributed by atoms with Gasteiger partial charge in [0.25, 0.3) is 0 Å². The first kappa shape index (κ1) is 11.0. The summed E-state index contributed by atoms with van der Waals surface area (Å²) >= 11 is 0. The Hall–Kier alpha value is -2.68. The van der Waals surface area contributed by atoms with E-state index in [2.05, 4.69) is 38.2 Å². The molecule has 5 aromatic rings. The lowest BCUT2D eigenvalue weighted by Gasteiger charge is -1.91. The highest BCUT2D eigenvalue weighted by Crippen LogP contribution is 2.38. The zero-order valence-electron chi connectivity index (χ0n) is 11.5. The molecule has 2 nitrogen and oxygen atoms in total. The first-order chi connectivity index (χ1) is 10.3. The van der Waals surface area contributed by atoms with E-state index in [1.807, 2.05) is 24.3 Å². The van der Waals surface area contributed by atoms with Gasteiger partial charge in [-0.05, 0) is 24.3 Å². The number of hydrogen-bond acceptors (Lipinski definition) is 2. The zero-order chi connectivity index (χ0) is 14.0. The molecule has 2 heterocycles. The molecule has 2 aromatic heterocycles. The molecule has 21 heavy (non-hydrogen) atoms. The summed E-state index contributed by atoms with van der Waals surface area (Å²) in [5.41, 5.74) is 4.83. The van der Waals surface area contributed by atoms with Crippen LogP contribution in [0.2, 0.25) is 0 Å². The Morgan fingerprint density at radius 2 is 1.52 bits per heavy atom. The van der Waals surface area contributed by atoms with Gasteiger partial charge in [0.2, 0.25) is 0 Å². The predicted molar refractivity (Wildman–Crippen MR) is 89.2 cm³/mol. The number of rotatable bonds is 0. The highest BCUT2D eigenvalue weighted by molar-refractivity contribution is 6.33. The number of furan rings is 2. The van der Waals surface area contributed by atoms with Crippen LogP contribution in [-0.4, -0.2) is 7.85 Å². The monoisotopic (exact) mass is 270 g/mol. The van der Waals surface area contributed by atoms with Gasteiger partial charge in [0.05, 0.1) is 5.39 Å². The Bertz CT molecular complexity index is 1150. The molecule has 0 aliphatic carbocycles. The third-order valence-electron chi connectivity index (χ3n) is 4.14. The van der Waals surface area contributed by atoms with E-state index in [-0.39, 0.29) is 0 Å². The topological polar surface area (TPSA) is 26.3 Å². The van der Waals surface area contributed by atoms with E-state index >= 15 is 0 Å². The molecule has 0 bridgehead atoms. The van der Waals surface area contributed by atoms with Crippen LogP contribution in [0.3, 0.4) is 0 Å². The Morgan fingerprint density at radius 3 is 2.48 bits per heavy atom. The maximum Gasteiger partial charge on any atom is 0.147 e. The Kier molecular flexibility index (Phi) is 1.94. The molecule has 3 aromatic carbocycles. The van der Waals surface area contributed by atoms with Crippen LogP contribution in [0.1, 0.15) is 0 Å². The molecule has 3 heteroatoms. The van der Waals surface area contributed by atoms with Crippen molar-refractivity contribution in [3.05, 3.63) is 54.6 Å². The molecule has 5 rings (SSSR count). The number of benzene rings is 3. The molecular formula is C18H11BO2. The van der Waals surface area contributed by atoms with Crippen molar-refractivity contribution in [2.24, 2.45) is 0 Å². The summed E-state index contributed by atoms with van der Waals surface area (Å²) in [5.74, 6) is 0. The molecule has 0 aliphatic rings. The average molecular weight is 270 g/mol. The van der Waals surface area contributed by atoms with Crippen LogP contribution in [0.25, 0.3) is 43.9 Å². The molecule has 0 spiro atoms. The van der Waals surface area contributed by atoms with Crippen LogP contribution in [0, 0.1) is 0 Å². The van der Waals surface area contributed by atoms with E-state index in [0.717, 1.165) is 43.9 Å². The van der Waals surface area contributed by atoms with Crippen molar-refractivity contribution in [3.63, 3.8) is 0 Å². The van der Waals surface area contributed by atoms with E-state index in [4.69, 9.17) is 8.83 Å². The molecule has 0 atom stereocenters. The quantitative estimate of drug-likeness (QED) is 0.401. The Balaban J connectivity index is 2.10. The van der Waals surface area contributed by atoms with Crippen LogP contribution in [0.5, 0.6) is 0 Å². The number of para-hydroxylation sites is 1. The lowest BCUT2D eigenvalue weighted by Crippen LogP contribution is -1.98. The van der Waals surface area contributed by atoms with Crippen LogP contribution >= 0.6 is 0 Å². The van der Waals surface area contributed by atoms with Gasteiger partial charge in [0.15, 0.2) is 0 Å². The standard InChI is InChI=1S/C18H11BO2/c19-10-5-6-11-12-7-8-15-17(18(12)21-16(11)9-10)13-3-1-2-4-14(13)20-15/h1-9H,19H2. The second-order valence-electron chi connectivity index (χ2n) is 5.52. The molecular weight excluding hydrogens is 259 g/mol. The van der Waals surface area contributed by atoms with Gasteiger partial charge < -0.3 is 8.83 Å². The maximum atomic E-state index is 6.15. The van der Waals surface area contributed by atoms with Crippen molar-refractivity contribution in [2.45, 2.75) is 0 Å². The third kappa shape index (κ3) is 1.38. The summed E-state index contributed by atoms with van der Waals surface area (Å²) in [5, 5.41) is 4.47. The largest absolute Gasteiger partial charge is 0.456 e. The minimum Gasteiger partial charge on any atom is -0.456 e. The van der Waals surface area contributed by atoms with E-state index in [9.17, 15) is 0 Å². The zero-order valence-corrected chi connectivity index (χ0v) is 11.5. The molecule has 0 radical (unpaired) electrons. The molecule has 0 saturated carbocycles. The van der Waals surface area contributed by atoms with Gasteiger partial charge in [-0.3, -0.25) is 0 Å². The lowest BCUT2D eigenvalue weighted by atomic mass is 9.95. The second-order valence-corrected chi connectivity index (χ2v) is 5.52. The molecule has 0 aliphatic heterocycles. The highest BCUT2D eigenvalue weighted by Gasteiger charge is 2.15. The summed E-state index contributed by atoms with van der Waals surface area (Å²) in [7, 11) is 2.08. The van der Waals surface area contributed by atoms with Crippen molar-refractivity contribution in [3.8, 4) is 0 Å². The Morgan fingerprint density at radius 1 is 0.667 bits per heavy atom. The SMILES string of the molecule is Bc1ccc2c(c1)oc1c2ccc2oc3ccccc3c21. The van der Waals surface area contributed by atoms with Crippen LogP contribution in [0.4, 0.5) is 0 Å². The molecule has 0 amide bonds. The van der Waals surface area contributed by atoms with Gasteiger partial charge in [0, 0.05) is 16.2 Å². The molecule has 98 valence electrons. The van der Waals surface area contributed by atoms with Crippen molar-refractivity contribution in [1.29, 1.82) is 0 Å². The van der Waals surface area contributed by atoms with Crippen molar-refractivity contribution in [2.75, 3.05) is 0 Å². The van der Waals surface area contributed by atoms with Gasteiger partial charge in [-0.1, -0.05) is 35.8 Å². The summed E-state index contributed by atoms with van der Waals surface area (Å²) in [4.78, 5) is 0. The minimum absolute atomic E-state index is 0.875. The van der Waals surface area contributed by atoms with Gasteiger partial charge in [-0.2, -0.15) is 0 Å². The highest BCUT2D eigenvalue weighted by atomic mass is 16.3. The second kappa shape index (κ2) is 3.70. The van der Waals surface area contributed by atoms with Crippen LogP contribution in [-0.2, 0) is 0 Å². The fourth-order valence-corrected chi connectivity index (χ4v) is 3.15. The molecule has 0 saturated heterocycles. The van der Waals surface area contributed by atoms with E-state index in [1.165, 1.54) is 5.46 Å². The summed E-state index contributed by atoms with van der Waals surface area (Å²) in [6.45, 7) is 0. The molecule has 0 N–H and O–H groups in total. The molecule has 0 fully saturated rings. The van der Waals surface area contributed by atoms with Crippen molar-refractivity contribution in [1.82, 2.24) is 0 Å². The fourth-order valence-electron chi connectivity index (χ4n) is 3.15. The number of fused-ring (bicyclic) bond motifs is 7. The minimum atomic E-state index is 0.875. The van der Waals surface area contributed by atoms with Gasteiger partial charge in [-0.15, -0.1) is 0 Å². The van der Waals surface area contributed by atoms with Crippen LogP contribution in [0.15, 0.2) is 63.4 Å². The summed E-state index contributed by atoms with van der Waals surface area (Å²) < 4.78 is 12.1. The predicted octanol–water partition coefficient (Wildman–Crippen LogP) is 3.74. The number of hydrogen-bond donors (Lipinski definition) is 0. The fraction of sp³-hybridized carbons (Fsp3) is 0. The summed E-state index contributed by atoms with van der Waals surface area (Å²) in [6.07, 6.45) is 0. The van der Waals surface area contributed by atoms with E-state index in [1.54, 1.807) is 0 Å². The van der Waals surface area contributed by atoms with Crippen molar-refractivity contribution >= 4 is 57.2 Å². The lowest BCUT2D eigenvalue weighted by molar-refractivity contribution is 0.663. The van der Waals surface area contributed by atoms with Crippen LogP contribution < -0.4 is 5.46 Å². The van der Waals surface area contributed by atoms with Gasteiger partial charge in [0.1, 0.15) is 30.2 Å². The Labute approximate surface area is 121 Å². The first-order valence-electron chi connectivity index (χ1n) is 7.04. The van der Waals surface area contributed by atoms with E-state index < -0.39 is 0 Å². The molecule has 0 unspecified atom stereocenters. The normalized spacial score (nSPS) is 12.0. The van der Waals surface area contributed by atoms with E-state index in [0.29, 0.717) is 0 Å². The third-order valence-corrected chi connectivity index (χ3v) is 4.14. The van der Waals surface area contributed by atoms with Gasteiger partial charge in [-0.25, -0.2) is 0 Å². The first-order valence-corrected chi connectivity index (χ1v) is 7.04.